The number of amides is 1. The third-order valence-electron chi connectivity index (χ3n) is 4.40. The van der Waals surface area contributed by atoms with Crippen LogP contribution < -0.4 is 16.0 Å². The van der Waals surface area contributed by atoms with Crippen LogP contribution in [0.15, 0.2) is 22.5 Å². The zero-order valence-electron chi connectivity index (χ0n) is 17.5. The lowest BCUT2D eigenvalue weighted by atomic mass is 10.1. The van der Waals surface area contributed by atoms with E-state index in [2.05, 4.69) is 50.3 Å². The number of methoxy groups -OCH3 is 1. The summed E-state index contributed by atoms with van der Waals surface area (Å²) in [7, 11) is 1.61. The number of hydrogen-bond donors (Lipinski definition) is 3. The van der Waals surface area contributed by atoms with Gasteiger partial charge in [-0.25, -0.2) is 4.99 Å². The van der Waals surface area contributed by atoms with Gasteiger partial charge in [0.25, 0.3) is 0 Å². The van der Waals surface area contributed by atoms with Crippen LogP contribution in [0.1, 0.15) is 24.8 Å². The normalized spacial score (nSPS) is 18.6. The van der Waals surface area contributed by atoms with Gasteiger partial charge in [-0.15, -0.1) is 35.3 Å². The van der Waals surface area contributed by atoms with Crippen molar-refractivity contribution in [1.29, 1.82) is 0 Å². The second-order valence-corrected chi connectivity index (χ2v) is 7.61. The lowest BCUT2D eigenvalue weighted by molar-refractivity contribution is -0.119. The largest absolute Gasteiger partial charge is 0.383 e. The fourth-order valence-corrected chi connectivity index (χ4v) is 3.91. The minimum atomic E-state index is -0.119. The Labute approximate surface area is 194 Å². The first-order chi connectivity index (χ1) is 13.6. The molecule has 2 unspecified atom stereocenters. The molecule has 10 heteroatoms. The number of morpholine rings is 1. The van der Waals surface area contributed by atoms with E-state index in [-0.39, 0.29) is 48.6 Å². The fraction of sp³-hybridized carbons (Fsp3) is 0.684. The van der Waals surface area contributed by atoms with Crippen LogP contribution in [-0.4, -0.2) is 82.5 Å². The highest BCUT2D eigenvalue weighted by atomic mass is 127. The molecular weight excluding hydrogens is 505 g/mol. The molecule has 1 amide bonds. The molecule has 166 valence electrons. The monoisotopic (exact) mass is 539 g/mol. The van der Waals surface area contributed by atoms with Crippen LogP contribution in [0.25, 0.3) is 0 Å². The zero-order chi connectivity index (χ0) is 20.2. The van der Waals surface area contributed by atoms with Gasteiger partial charge in [-0.3, -0.25) is 9.69 Å². The lowest BCUT2D eigenvalue weighted by Crippen LogP contribution is -2.48. The van der Waals surface area contributed by atoms with Crippen molar-refractivity contribution in [2.45, 2.75) is 26.0 Å². The Morgan fingerprint density at radius 2 is 2.28 bits per heavy atom. The number of thiophene rings is 1. The van der Waals surface area contributed by atoms with Crippen molar-refractivity contribution in [3.05, 3.63) is 22.4 Å². The summed E-state index contributed by atoms with van der Waals surface area (Å²) in [6.07, 6.45) is 0.230. The first-order valence-corrected chi connectivity index (χ1v) is 10.7. The molecule has 0 radical (unpaired) electrons. The van der Waals surface area contributed by atoms with Crippen LogP contribution in [0, 0.1) is 0 Å². The number of ether oxygens (including phenoxy) is 2. The van der Waals surface area contributed by atoms with Crippen molar-refractivity contribution in [2.24, 2.45) is 4.99 Å². The summed E-state index contributed by atoms with van der Waals surface area (Å²) in [5.74, 6) is 0.526. The maximum atomic E-state index is 11.9. The Kier molecular flexibility index (Phi) is 13.4. The van der Waals surface area contributed by atoms with Crippen molar-refractivity contribution in [3.63, 3.8) is 0 Å². The average molecular weight is 539 g/mol. The molecule has 2 heterocycles. The second kappa shape index (κ2) is 14.9. The number of nitrogens with zero attached hydrogens (tertiary/aromatic N) is 2. The Hall–Kier alpha value is -0.950. The number of nitrogens with one attached hydrogen (secondary N) is 3. The molecule has 0 aromatic carbocycles. The molecule has 1 aromatic rings. The van der Waals surface area contributed by atoms with Crippen molar-refractivity contribution in [3.8, 4) is 0 Å². The van der Waals surface area contributed by atoms with E-state index >= 15 is 0 Å². The molecule has 1 saturated heterocycles. The van der Waals surface area contributed by atoms with E-state index in [1.807, 2.05) is 6.92 Å². The lowest BCUT2D eigenvalue weighted by Gasteiger charge is -2.37. The smallest absolute Gasteiger partial charge is 0.241 e. The van der Waals surface area contributed by atoms with E-state index in [4.69, 9.17) is 9.47 Å². The van der Waals surface area contributed by atoms with Gasteiger partial charge < -0.3 is 25.4 Å². The van der Waals surface area contributed by atoms with Gasteiger partial charge in [0.15, 0.2) is 5.96 Å². The van der Waals surface area contributed by atoms with Gasteiger partial charge in [0.05, 0.1) is 25.4 Å². The summed E-state index contributed by atoms with van der Waals surface area (Å²) < 4.78 is 10.6. The molecule has 1 aliphatic rings. The third kappa shape index (κ3) is 9.60. The van der Waals surface area contributed by atoms with Crippen LogP contribution in [0.2, 0.25) is 0 Å². The number of carbonyl (C=O) groups excluding carboxylic acids is 1. The molecule has 1 aromatic heterocycles. The Morgan fingerprint density at radius 1 is 1.45 bits per heavy atom. The van der Waals surface area contributed by atoms with Gasteiger partial charge in [-0.05, 0) is 25.3 Å². The predicted octanol–water partition coefficient (Wildman–Crippen LogP) is 1.45. The van der Waals surface area contributed by atoms with Gasteiger partial charge in [0.2, 0.25) is 5.91 Å². The first kappa shape index (κ1) is 26.1. The Balaban J connectivity index is 0.00000420. The number of halogens is 1. The second-order valence-electron chi connectivity index (χ2n) is 6.63. The van der Waals surface area contributed by atoms with Gasteiger partial charge in [-0.2, -0.15) is 0 Å². The maximum Gasteiger partial charge on any atom is 0.241 e. The summed E-state index contributed by atoms with van der Waals surface area (Å²) >= 11 is 1.76. The standard InChI is InChI=1S/C19H33N5O3S.HI/c1-4-20-19(23-13-18(25)21-7-9-26-3)22-12-16(17-6-5-11-28-17)24-8-10-27-15(2)14-24;/h5-6,11,15-16H,4,7-10,12-14H2,1-3H3,(H,21,25)(H2,20,22,23);1H. The van der Waals surface area contributed by atoms with Gasteiger partial charge in [0.1, 0.15) is 6.54 Å². The molecule has 2 rings (SSSR count). The van der Waals surface area contributed by atoms with E-state index in [1.165, 1.54) is 4.88 Å². The number of rotatable bonds is 10. The first-order valence-electron chi connectivity index (χ1n) is 9.80. The summed E-state index contributed by atoms with van der Waals surface area (Å²) in [6, 6.07) is 4.50. The van der Waals surface area contributed by atoms with Crippen molar-refractivity contribution >= 4 is 47.2 Å². The van der Waals surface area contributed by atoms with Crippen molar-refractivity contribution < 1.29 is 14.3 Å². The molecule has 1 fully saturated rings. The molecule has 2 atom stereocenters. The molecule has 1 aliphatic heterocycles. The third-order valence-corrected chi connectivity index (χ3v) is 5.37. The molecular formula is C19H34IN5O3S. The minimum absolute atomic E-state index is 0. The molecule has 3 N–H and O–H groups in total. The Morgan fingerprint density at radius 3 is 2.93 bits per heavy atom. The number of aliphatic imine (C=N–C) groups is 1. The van der Waals surface area contributed by atoms with Crippen LogP contribution in [-0.2, 0) is 14.3 Å². The topological polar surface area (TPSA) is 87.2 Å². The zero-order valence-corrected chi connectivity index (χ0v) is 20.6. The van der Waals surface area contributed by atoms with E-state index in [0.29, 0.717) is 25.7 Å². The van der Waals surface area contributed by atoms with Gasteiger partial charge >= 0.3 is 0 Å². The van der Waals surface area contributed by atoms with Crippen LogP contribution in [0.5, 0.6) is 0 Å². The number of guanidine groups is 1. The fourth-order valence-electron chi connectivity index (χ4n) is 3.05. The van der Waals surface area contributed by atoms with Gasteiger partial charge in [0, 0.05) is 44.7 Å². The molecule has 0 spiro atoms. The SMILES string of the molecule is CCNC(=NCC(=O)NCCOC)NCC(c1cccs1)N1CCOC(C)C1.I. The molecule has 8 nitrogen and oxygen atoms in total. The highest BCUT2D eigenvalue weighted by Crippen LogP contribution is 2.26. The van der Waals surface area contributed by atoms with Crippen LogP contribution in [0.4, 0.5) is 0 Å². The molecule has 0 aliphatic carbocycles. The van der Waals surface area contributed by atoms with E-state index in [0.717, 1.165) is 26.2 Å². The Bertz CT molecular complexity index is 603. The van der Waals surface area contributed by atoms with Crippen LogP contribution >= 0.6 is 35.3 Å². The molecule has 0 bridgehead atoms. The number of carbonyl (C=O) groups is 1. The van der Waals surface area contributed by atoms with Crippen molar-refractivity contribution in [1.82, 2.24) is 20.9 Å². The minimum Gasteiger partial charge on any atom is -0.383 e. The average Bonchev–Trinajstić information content (AvgIpc) is 3.21. The van der Waals surface area contributed by atoms with Crippen molar-refractivity contribution in [2.75, 3.05) is 59.6 Å². The molecule has 29 heavy (non-hydrogen) atoms. The maximum absolute atomic E-state index is 11.9. The quantitative estimate of drug-likeness (QED) is 0.181. The predicted molar refractivity (Wildman–Crippen MR) is 128 cm³/mol. The molecule has 0 saturated carbocycles. The number of hydrogen-bond acceptors (Lipinski definition) is 6. The summed E-state index contributed by atoms with van der Waals surface area (Å²) in [6.45, 7) is 9.19. The highest BCUT2D eigenvalue weighted by molar-refractivity contribution is 14.0. The summed E-state index contributed by atoms with van der Waals surface area (Å²) in [4.78, 5) is 20.1. The summed E-state index contributed by atoms with van der Waals surface area (Å²) in [5.41, 5.74) is 0. The van der Waals surface area contributed by atoms with E-state index < -0.39 is 0 Å². The summed E-state index contributed by atoms with van der Waals surface area (Å²) in [5, 5.41) is 11.5. The van der Waals surface area contributed by atoms with E-state index in [9.17, 15) is 4.79 Å². The van der Waals surface area contributed by atoms with Gasteiger partial charge in [-0.1, -0.05) is 6.07 Å². The van der Waals surface area contributed by atoms with E-state index in [1.54, 1.807) is 18.4 Å². The highest BCUT2D eigenvalue weighted by Gasteiger charge is 2.26. The van der Waals surface area contributed by atoms with Crippen LogP contribution in [0.3, 0.4) is 0 Å².